The number of aliphatic hydroxyl groups is 1. The van der Waals surface area contributed by atoms with Crippen molar-refractivity contribution in [2.24, 2.45) is 11.8 Å². The second kappa shape index (κ2) is 18.8. The molecule has 1 aliphatic carbocycles. The Morgan fingerprint density at radius 3 is 2.12 bits per heavy atom. The largest absolute Gasteiger partial charge is 0.391 e. The first-order valence-corrected chi connectivity index (χ1v) is 19.9. The van der Waals surface area contributed by atoms with E-state index in [4.69, 9.17) is 0 Å². The van der Waals surface area contributed by atoms with Gasteiger partial charge < -0.3 is 41.9 Å². The number of hydrogen-bond donors (Lipinski definition) is 7. The summed E-state index contributed by atoms with van der Waals surface area (Å²) in [5.41, 5.74) is 2.89. The number of fused-ring (bicyclic) bond motifs is 2. The lowest BCUT2D eigenvalue weighted by molar-refractivity contribution is -0.143. The number of carbonyl (C=O) groups excluding carboxylic acids is 7. The number of hydrogen-bond acceptors (Lipinski definition) is 8. The van der Waals surface area contributed by atoms with Crippen molar-refractivity contribution in [3.63, 3.8) is 0 Å². The molecule has 1 unspecified atom stereocenters. The molecule has 2 saturated heterocycles. The van der Waals surface area contributed by atoms with Crippen molar-refractivity contribution in [3.05, 3.63) is 70.8 Å². The predicted molar refractivity (Wildman–Crippen MR) is 211 cm³/mol. The summed E-state index contributed by atoms with van der Waals surface area (Å²) in [7, 11) is 0. The summed E-state index contributed by atoms with van der Waals surface area (Å²) in [5.74, 6) is -4.85. The van der Waals surface area contributed by atoms with E-state index in [1.165, 1.54) is 18.7 Å². The highest BCUT2D eigenvalue weighted by Crippen LogP contribution is 2.27. The van der Waals surface area contributed by atoms with Crippen LogP contribution in [0.5, 0.6) is 0 Å². The fraction of sp³-hybridized carbons (Fsp3) is 0.548. The SMILES string of the molecule is Cc1cc(C)cc(C(=O)N[C@@H]2CC3C(=O)N[C@@H](C)C(=O)N[C@@H]4CCC[C@H]4C(=O)N[C@@H](CC(C)C)C(=O)N[C@@H]([C@@H](C)O)C(=O)N[C@@H](Cc4ccccc4)C(=O)N3C2)c1. The zero-order valence-corrected chi connectivity index (χ0v) is 33.6. The summed E-state index contributed by atoms with van der Waals surface area (Å²) < 4.78 is 0. The molecule has 2 aliphatic heterocycles. The summed E-state index contributed by atoms with van der Waals surface area (Å²) in [5, 5.41) is 27.6. The average molecular weight is 788 g/mol. The Morgan fingerprint density at radius 2 is 1.47 bits per heavy atom. The molecular formula is C42H57N7O8. The number of aliphatic hydroxyl groups excluding tert-OH is 1. The quantitative estimate of drug-likeness (QED) is 0.214. The van der Waals surface area contributed by atoms with Gasteiger partial charge in [-0.2, -0.15) is 0 Å². The second-order valence-electron chi connectivity index (χ2n) is 16.3. The molecule has 5 rings (SSSR count). The molecule has 15 heteroatoms. The maximum atomic E-state index is 14.7. The van der Waals surface area contributed by atoms with Gasteiger partial charge in [-0.05, 0) is 77.0 Å². The zero-order chi connectivity index (χ0) is 41.6. The van der Waals surface area contributed by atoms with Crippen LogP contribution in [0.2, 0.25) is 0 Å². The number of carbonyl (C=O) groups is 7. The highest BCUT2D eigenvalue weighted by atomic mass is 16.3. The van der Waals surface area contributed by atoms with E-state index in [2.05, 4.69) is 31.9 Å². The first-order chi connectivity index (χ1) is 27.0. The van der Waals surface area contributed by atoms with Gasteiger partial charge in [0.05, 0.1) is 12.0 Å². The average Bonchev–Trinajstić information content (AvgIpc) is 3.79. The fourth-order valence-electron chi connectivity index (χ4n) is 8.09. The number of aryl methyl sites for hydroxylation is 2. The van der Waals surface area contributed by atoms with Crippen LogP contribution in [0.3, 0.4) is 0 Å². The molecule has 3 aliphatic rings. The molecule has 15 nitrogen and oxygen atoms in total. The Bertz CT molecular complexity index is 1810. The van der Waals surface area contributed by atoms with Crippen molar-refractivity contribution in [2.75, 3.05) is 6.54 Å². The van der Waals surface area contributed by atoms with Crippen LogP contribution in [0.4, 0.5) is 0 Å². The molecule has 2 aromatic rings. The lowest BCUT2D eigenvalue weighted by Gasteiger charge is -2.31. The van der Waals surface area contributed by atoms with Crippen LogP contribution >= 0.6 is 0 Å². The maximum absolute atomic E-state index is 14.7. The van der Waals surface area contributed by atoms with Crippen molar-refractivity contribution >= 4 is 41.4 Å². The van der Waals surface area contributed by atoms with Crippen LogP contribution in [0.1, 0.15) is 86.8 Å². The van der Waals surface area contributed by atoms with E-state index in [1.54, 1.807) is 42.5 Å². The van der Waals surface area contributed by atoms with E-state index in [0.717, 1.165) is 11.1 Å². The minimum absolute atomic E-state index is 0.00998. The van der Waals surface area contributed by atoms with Crippen LogP contribution in [-0.4, -0.2) is 106 Å². The molecule has 2 aromatic carbocycles. The molecule has 0 radical (unpaired) electrons. The van der Waals surface area contributed by atoms with Gasteiger partial charge in [0.25, 0.3) is 5.91 Å². The van der Waals surface area contributed by atoms with E-state index in [9.17, 15) is 38.7 Å². The van der Waals surface area contributed by atoms with Crippen LogP contribution in [-0.2, 0) is 35.2 Å². The summed E-state index contributed by atoms with van der Waals surface area (Å²) in [6, 6.07) is 7.03. The molecule has 2 heterocycles. The lowest BCUT2D eigenvalue weighted by Crippen LogP contribution is -2.61. The third kappa shape index (κ3) is 11.0. The monoisotopic (exact) mass is 787 g/mol. The Kier molecular flexibility index (Phi) is 14.1. The van der Waals surface area contributed by atoms with Crippen molar-refractivity contribution in [1.82, 2.24) is 36.8 Å². The third-order valence-electron chi connectivity index (χ3n) is 10.9. The van der Waals surface area contributed by atoms with Crippen molar-refractivity contribution < 1.29 is 38.7 Å². The van der Waals surface area contributed by atoms with E-state index in [-0.39, 0.29) is 37.6 Å². The number of amides is 7. The van der Waals surface area contributed by atoms with Crippen molar-refractivity contribution in [1.29, 1.82) is 0 Å². The molecule has 1 saturated carbocycles. The molecule has 57 heavy (non-hydrogen) atoms. The van der Waals surface area contributed by atoms with Gasteiger partial charge in [-0.3, -0.25) is 33.6 Å². The highest BCUT2D eigenvalue weighted by molar-refractivity contribution is 5.98. The number of rotatable bonds is 7. The van der Waals surface area contributed by atoms with Crippen molar-refractivity contribution in [2.45, 2.75) is 128 Å². The number of benzene rings is 2. The van der Waals surface area contributed by atoms with Gasteiger partial charge in [0.2, 0.25) is 35.4 Å². The first-order valence-electron chi connectivity index (χ1n) is 19.9. The zero-order valence-electron chi connectivity index (χ0n) is 33.6. The minimum Gasteiger partial charge on any atom is -0.391 e. The summed E-state index contributed by atoms with van der Waals surface area (Å²) in [4.78, 5) is 98.7. The van der Waals surface area contributed by atoms with E-state index >= 15 is 0 Å². The highest BCUT2D eigenvalue weighted by Gasteiger charge is 2.45. The topological polar surface area (TPSA) is 215 Å². The Balaban J connectivity index is 1.52. The normalized spacial score (nSPS) is 28.4. The fourth-order valence-corrected chi connectivity index (χ4v) is 8.09. The smallest absolute Gasteiger partial charge is 0.251 e. The lowest BCUT2D eigenvalue weighted by atomic mass is 9.98. The first kappa shape index (κ1) is 42.8. The van der Waals surface area contributed by atoms with Gasteiger partial charge in [0.15, 0.2) is 0 Å². The molecule has 7 amide bonds. The van der Waals surface area contributed by atoms with Crippen LogP contribution in [0.25, 0.3) is 0 Å². The van der Waals surface area contributed by atoms with Crippen molar-refractivity contribution in [3.8, 4) is 0 Å². The standard InChI is InChI=1S/C42H57N7O8/c1-22(2)15-32-39(54)48-35(26(6)50)41(56)47-33(19-27-11-8-7-9-12-27)42(57)49-21-29(44-37(52)28-17-23(3)16-24(4)18-28)20-34(49)40(55)43-25(5)36(51)45-31-14-10-13-30(31)38(53)46-32/h7-9,11-12,16-18,22,25-26,29-35,50H,10,13-15,19-21H2,1-6H3,(H,43,55)(H,44,52)(H,45,51)(H,46,53)(H,47,56)(H,48,54)/t25-,26+,29+,30+,31+,32-,33-,34?,35-/m0/s1. The molecule has 308 valence electrons. The Hall–Kier alpha value is -5.31. The predicted octanol–water partition coefficient (Wildman–Crippen LogP) is 0.930. The van der Waals surface area contributed by atoms with Gasteiger partial charge in [0, 0.05) is 30.6 Å². The van der Waals surface area contributed by atoms with E-state index < -0.39 is 89.8 Å². The molecule has 9 atom stereocenters. The van der Waals surface area contributed by atoms with Gasteiger partial charge in [-0.15, -0.1) is 0 Å². The van der Waals surface area contributed by atoms with E-state index in [0.29, 0.717) is 30.4 Å². The third-order valence-corrected chi connectivity index (χ3v) is 10.9. The minimum atomic E-state index is -1.51. The molecule has 0 bridgehead atoms. The van der Waals surface area contributed by atoms with Gasteiger partial charge in [-0.1, -0.05) is 67.8 Å². The Morgan fingerprint density at radius 1 is 0.807 bits per heavy atom. The van der Waals surface area contributed by atoms with Crippen LogP contribution in [0.15, 0.2) is 48.5 Å². The van der Waals surface area contributed by atoms with Gasteiger partial charge >= 0.3 is 0 Å². The second-order valence-corrected chi connectivity index (χ2v) is 16.3. The molecule has 3 fully saturated rings. The number of nitrogens with one attached hydrogen (secondary N) is 6. The molecule has 0 spiro atoms. The molecular weight excluding hydrogens is 731 g/mol. The summed E-state index contributed by atoms with van der Waals surface area (Å²) in [6.07, 6.45) is 0.442. The summed E-state index contributed by atoms with van der Waals surface area (Å²) >= 11 is 0. The maximum Gasteiger partial charge on any atom is 0.251 e. The molecule has 0 aromatic heterocycles. The Labute approximate surface area is 333 Å². The van der Waals surface area contributed by atoms with Crippen LogP contribution < -0.4 is 31.9 Å². The number of nitrogens with zero attached hydrogens (tertiary/aromatic N) is 1. The molecule has 7 N–H and O–H groups in total. The summed E-state index contributed by atoms with van der Waals surface area (Å²) in [6.45, 7) is 10.3. The van der Waals surface area contributed by atoms with Crippen LogP contribution in [0, 0.1) is 25.7 Å². The van der Waals surface area contributed by atoms with E-state index in [1.807, 2.05) is 33.8 Å². The van der Waals surface area contributed by atoms with Gasteiger partial charge in [0.1, 0.15) is 30.2 Å². The van der Waals surface area contributed by atoms with Gasteiger partial charge in [-0.25, -0.2) is 0 Å².